The lowest BCUT2D eigenvalue weighted by Gasteiger charge is -2.07. The van der Waals surface area contributed by atoms with Crippen LogP contribution in [0.1, 0.15) is 12.8 Å². The van der Waals surface area contributed by atoms with Gasteiger partial charge in [0, 0.05) is 12.2 Å². The smallest absolute Gasteiger partial charge is 0.271 e. The molecule has 1 heterocycles. The van der Waals surface area contributed by atoms with Crippen LogP contribution in [0.2, 0.25) is 5.15 Å². The molecule has 1 aliphatic carbocycles. The lowest BCUT2D eigenvalue weighted by Crippen LogP contribution is -2.31. The fourth-order valence-electron chi connectivity index (χ4n) is 1.07. The second-order valence-electron chi connectivity index (χ2n) is 3.36. The summed E-state index contributed by atoms with van der Waals surface area (Å²) in [4.78, 5) is 3.75. The molecule has 1 aromatic heterocycles. The molecular weight excluding hydrogens is 238 g/mol. The van der Waals surface area contributed by atoms with Crippen LogP contribution in [-0.2, 0) is 10.2 Å². The average Bonchev–Trinajstić information content (AvgIpc) is 2.86. The van der Waals surface area contributed by atoms with Crippen molar-refractivity contribution in [2.75, 3.05) is 4.72 Å². The number of hydrogen-bond acceptors (Lipinski definition) is 3. The quantitative estimate of drug-likeness (QED) is 0.784. The molecule has 0 unspecified atom stereocenters. The molecule has 1 aliphatic rings. The number of anilines is 1. The predicted octanol–water partition coefficient (Wildman–Crippen LogP) is 1.14. The number of nitrogens with zero attached hydrogens (tertiary/aromatic N) is 1. The molecule has 1 aromatic rings. The van der Waals surface area contributed by atoms with E-state index < -0.39 is 10.2 Å². The molecule has 0 bridgehead atoms. The Labute approximate surface area is 93.0 Å². The molecule has 0 radical (unpaired) electrons. The fourth-order valence-corrected chi connectivity index (χ4v) is 2.42. The van der Waals surface area contributed by atoms with Crippen LogP contribution in [0.15, 0.2) is 18.3 Å². The summed E-state index contributed by atoms with van der Waals surface area (Å²) in [7, 11) is -3.47. The molecule has 0 aromatic carbocycles. The minimum absolute atomic E-state index is 0.0832. The van der Waals surface area contributed by atoms with Crippen molar-refractivity contribution in [3.05, 3.63) is 23.5 Å². The number of rotatable bonds is 4. The highest BCUT2D eigenvalue weighted by atomic mass is 35.5. The largest absolute Gasteiger partial charge is 0.299 e. The van der Waals surface area contributed by atoms with Crippen LogP contribution < -0.4 is 9.44 Å². The van der Waals surface area contributed by atoms with Crippen molar-refractivity contribution in [2.24, 2.45) is 0 Å². The van der Waals surface area contributed by atoms with Gasteiger partial charge in [0.05, 0.1) is 5.69 Å². The van der Waals surface area contributed by atoms with E-state index >= 15 is 0 Å². The van der Waals surface area contributed by atoms with Gasteiger partial charge < -0.3 is 0 Å². The van der Waals surface area contributed by atoms with Crippen molar-refractivity contribution >= 4 is 27.5 Å². The van der Waals surface area contributed by atoms with Crippen molar-refractivity contribution in [3.8, 4) is 0 Å². The summed E-state index contributed by atoms with van der Waals surface area (Å²) in [6.45, 7) is 0. The van der Waals surface area contributed by atoms with Crippen molar-refractivity contribution in [3.63, 3.8) is 0 Å². The van der Waals surface area contributed by atoms with E-state index in [1.807, 2.05) is 0 Å². The monoisotopic (exact) mass is 247 g/mol. The maximum Gasteiger partial charge on any atom is 0.299 e. The van der Waals surface area contributed by atoms with Crippen molar-refractivity contribution in [1.82, 2.24) is 9.71 Å². The zero-order valence-electron chi connectivity index (χ0n) is 7.77. The zero-order valence-corrected chi connectivity index (χ0v) is 9.35. The van der Waals surface area contributed by atoms with Gasteiger partial charge in [-0.15, -0.1) is 0 Å². The standard InChI is InChI=1S/C8H10ClN3O2S/c9-8-5-7(3-4-10-8)12-15(13,14)11-6-1-2-6/h3-6,11H,1-2H2,(H,10,12). The molecular formula is C8H10ClN3O2S. The summed E-state index contributed by atoms with van der Waals surface area (Å²) in [5.41, 5.74) is 0.406. The van der Waals surface area contributed by atoms with Crippen LogP contribution in [-0.4, -0.2) is 19.4 Å². The van der Waals surface area contributed by atoms with Gasteiger partial charge in [-0.25, -0.2) is 4.98 Å². The number of halogens is 1. The van der Waals surface area contributed by atoms with Crippen LogP contribution >= 0.6 is 11.6 Å². The third kappa shape index (κ3) is 3.33. The number of pyridine rings is 1. The third-order valence-corrected chi connectivity index (χ3v) is 3.23. The molecule has 5 nitrogen and oxygen atoms in total. The van der Waals surface area contributed by atoms with Gasteiger partial charge in [-0.3, -0.25) is 4.72 Å². The van der Waals surface area contributed by atoms with Gasteiger partial charge in [-0.05, 0) is 25.0 Å². The topological polar surface area (TPSA) is 71.1 Å². The second kappa shape index (κ2) is 3.96. The first-order valence-electron chi connectivity index (χ1n) is 4.47. The number of hydrogen-bond donors (Lipinski definition) is 2. The number of nitrogens with one attached hydrogen (secondary N) is 2. The van der Waals surface area contributed by atoms with Crippen molar-refractivity contribution in [1.29, 1.82) is 0 Å². The van der Waals surface area contributed by atoms with Gasteiger partial charge in [-0.1, -0.05) is 11.6 Å². The van der Waals surface area contributed by atoms with Crippen molar-refractivity contribution in [2.45, 2.75) is 18.9 Å². The average molecular weight is 248 g/mol. The lowest BCUT2D eigenvalue weighted by molar-refractivity contribution is 0.586. The minimum Gasteiger partial charge on any atom is -0.271 e. The van der Waals surface area contributed by atoms with Crippen LogP contribution in [0.5, 0.6) is 0 Å². The lowest BCUT2D eigenvalue weighted by atomic mass is 10.4. The fraction of sp³-hybridized carbons (Fsp3) is 0.375. The molecule has 82 valence electrons. The van der Waals surface area contributed by atoms with E-state index in [1.54, 1.807) is 0 Å². The normalized spacial score (nSPS) is 16.3. The van der Waals surface area contributed by atoms with Gasteiger partial charge in [0.1, 0.15) is 5.15 Å². The second-order valence-corrected chi connectivity index (χ2v) is 5.20. The Morgan fingerprint density at radius 3 is 2.80 bits per heavy atom. The van der Waals surface area contributed by atoms with Gasteiger partial charge in [-0.2, -0.15) is 13.1 Å². The predicted molar refractivity (Wildman–Crippen MR) is 57.9 cm³/mol. The highest BCUT2D eigenvalue weighted by molar-refractivity contribution is 7.90. The Balaban J connectivity index is 2.06. The van der Waals surface area contributed by atoms with Crippen molar-refractivity contribution < 1.29 is 8.42 Å². The highest BCUT2D eigenvalue weighted by Gasteiger charge is 2.26. The van der Waals surface area contributed by atoms with E-state index in [-0.39, 0.29) is 11.2 Å². The Morgan fingerprint density at radius 1 is 1.47 bits per heavy atom. The molecule has 0 amide bonds. The van der Waals surface area contributed by atoms with Gasteiger partial charge in [0.25, 0.3) is 10.2 Å². The molecule has 7 heteroatoms. The summed E-state index contributed by atoms with van der Waals surface area (Å²) in [6, 6.07) is 3.07. The highest BCUT2D eigenvalue weighted by Crippen LogP contribution is 2.20. The first-order chi connectivity index (χ1) is 7.05. The summed E-state index contributed by atoms with van der Waals surface area (Å²) in [6.07, 6.45) is 3.24. The molecule has 1 saturated carbocycles. The van der Waals surface area contributed by atoms with Gasteiger partial charge in [0.15, 0.2) is 0 Å². The van der Waals surface area contributed by atoms with Crippen LogP contribution in [0.3, 0.4) is 0 Å². The van der Waals surface area contributed by atoms with E-state index in [1.165, 1.54) is 18.3 Å². The molecule has 15 heavy (non-hydrogen) atoms. The summed E-state index contributed by atoms with van der Waals surface area (Å²) < 4.78 is 27.8. The SMILES string of the molecule is O=S(=O)(Nc1ccnc(Cl)c1)NC1CC1. The zero-order chi connectivity index (χ0) is 10.9. The summed E-state index contributed by atoms with van der Waals surface area (Å²) in [5, 5.41) is 0.252. The third-order valence-electron chi connectivity index (χ3n) is 1.88. The first kappa shape index (κ1) is 10.7. The molecule has 0 atom stereocenters. The van der Waals surface area contributed by atoms with Gasteiger partial charge >= 0.3 is 0 Å². The minimum atomic E-state index is -3.47. The van der Waals surface area contributed by atoms with E-state index in [4.69, 9.17) is 11.6 Å². The molecule has 0 spiro atoms. The Hall–Kier alpha value is -0.850. The number of aromatic nitrogens is 1. The summed E-state index contributed by atoms with van der Waals surface area (Å²) in [5.74, 6) is 0. The van der Waals surface area contributed by atoms with E-state index in [0.29, 0.717) is 5.69 Å². The molecule has 2 rings (SSSR count). The van der Waals surface area contributed by atoms with Crippen LogP contribution in [0.4, 0.5) is 5.69 Å². The van der Waals surface area contributed by atoms with E-state index in [9.17, 15) is 8.42 Å². The van der Waals surface area contributed by atoms with E-state index in [2.05, 4.69) is 14.4 Å². The maximum atomic E-state index is 11.5. The Bertz CT molecular complexity index is 459. The molecule has 0 saturated heterocycles. The molecule has 0 aliphatic heterocycles. The maximum absolute atomic E-state index is 11.5. The first-order valence-corrected chi connectivity index (χ1v) is 6.33. The molecule has 2 N–H and O–H groups in total. The Morgan fingerprint density at radius 2 is 2.20 bits per heavy atom. The Kier molecular flexibility index (Phi) is 2.81. The van der Waals surface area contributed by atoms with Crippen LogP contribution in [0, 0.1) is 0 Å². The summed E-state index contributed by atoms with van der Waals surface area (Å²) >= 11 is 5.63. The van der Waals surface area contributed by atoms with Crippen LogP contribution in [0.25, 0.3) is 0 Å². The molecule has 1 fully saturated rings. The van der Waals surface area contributed by atoms with E-state index in [0.717, 1.165) is 12.8 Å². The van der Waals surface area contributed by atoms with Gasteiger partial charge in [0.2, 0.25) is 0 Å².